The fourth-order valence-electron chi connectivity index (χ4n) is 2.60. The zero-order chi connectivity index (χ0) is 15.7. The number of benzene rings is 2. The van der Waals surface area contributed by atoms with Gasteiger partial charge in [-0.15, -0.1) is 0 Å². The average molecular weight is 290 g/mol. The largest absolute Gasteiger partial charge is 0.428 e. The molecule has 4 nitrogen and oxygen atoms in total. The Bertz CT molecular complexity index is 948. The molecular weight excluding hydrogens is 276 g/mol. The molecule has 0 bridgehead atoms. The third-order valence-electron chi connectivity index (χ3n) is 3.87. The van der Waals surface area contributed by atoms with Crippen molar-refractivity contribution in [2.24, 2.45) is 0 Å². The molecule has 3 rings (SSSR count). The third kappa shape index (κ3) is 2.23. The molecule has 0 atom stereocenters. The Morgan fingerprint density at radius 3 is 2.50 bits per heavy atom. The number of nitriles is 1. The lowest BCUT2D eigenvalue weighted by molar-refractivity contribution is 0.190. The predicted octanol–water partition coefficient (Wildman–Crippen LogP) is 3.01. The molecule has 0 spiro atoms. The molecular formula is C18H14N2O2. The highest BCUT2D eigenvalue weighted by atomic mass is 16.5. The van der Waals surface area contributed by atoms with Gasteiger partial charge in [-0.2, -0.15) is 9.99 Å². The SMILES string of the molecule is Cc1c(Cc2ccc(C#N)cc2)c(=O)c2ccccc2n1O. The highest BCUT2D eigenvalue weighted by molar-refractivity contribution is 5.79. The van der Waals surface area contributed by atoms with Crippen molar-refractivity contribution in [1.82, 2.24) is 4.73 Å². The molecule has 108 valence electrons. The second kappa shape index (κ2) is 5.38. The summed E-state index contributed by atoms with van der Waals surface area (Å²) >= 11 is 0. The number of nitrogens with zero attached hydrogens (tertiary/aromatic N) is 2. The van der Waals surface area contributed by atoms with Gasteiger partial charge in [-0.1, -0.05) is 24.3 Å². The van der Waals surface area contributed by atoms with Crippen molar-refractivity contribution in [2.45, 2.75) is 13.3 Å². The Labute approximate surface area is 127 Å². The lowest BCUT2D eigenvalue weighted by atomic mass is 10.0. The van der Waals surface area contributed by atoms with Gasteiger partial charge in [0.1, 0.15) is 0 Å². The van der Waals surface area contributed by atoms with Crippen LogP contribution in [-0.4, -0.2) is 9.94 Å². The number of aromatic nitrogens is 1. The minimum Gasteiger partial charge on any atom is -0.428 e. The topological polar surface area (TPSA) is 66.0 Å². The summed E-state index contributed by atoms with van der Waals surface area (Å²) in [5.74, 6) is 0. The molecule has 4 heteroatoms. The van der Waals surface area contributed by atoms with Gasteiger partial charge in [0.2, 0.25) is 0 Å². The van der Waals surface area contributed by atoms with Crippen LogP contribution in [0.3, 0.4) is 0 Å². The summed E-state index contributed by atoms with van der Waals surface area (Å²) in [5, 5.41) is 19.6. The van der Waals surface area contributed by atoms with E-state index in [9.17, 15) is 10.0 Å². The summed E-state index contributed by atoms with van der Waals surface area (Å²) in [6.45, 7) is 1.73. The fraction of sp³-hybridized carbons (Fsp3) is 0.111. The fourth-order valence-corrected chi connectivity index (χ4v) is 2.60. The molecule has 3 aromatic rings. The Morgan fingerprint density at radius 1 is 1.14 bits per heavy atom. The second-order valence-electron chi connectivity index (χ2n) is 5.21. The number of hydrogen-bond donors (Lipinski definition) is 1. The van der Waals surface area contributed by atoms with Crippen LogP contribution in [0.15, 0.2) is 53.3 Å². The molecule has 0 unspecified atom stereocenters. The number of para-hydroxylation sites is 1. The summed E-state index contributed by atoms with van der Waals surface area (Å²) in [6.07, 6.45) is 0.418. The molecule has 0 aliphatic heterocycles. The summed E-state index contributed by atoms with van der Waals surface area (Å²) < 4.78 is 1.07. The molecule has 0 fully saturated rings. The van der Waals surface area contributed by atoms with E-state index in [2.05, 4.69) is 6.07 Å². The molecule has 0 aliphatic rings. The number of rotatable bonds is 2. The Kier molecular flexibility index (Phi) is 3.40. The molecule has 0 saturated carbocycles. The highest BCUT2D eigenvalue weighted by Crippen LogP contribution is 2.17. The summed E-state index contributed by atoms with van der Waals surface area (Å²) in [6, 6.07) is 16.2. The quantitative estimate of drug-likeness (QED) is 0.738. The van der Waals surface area contributed by atoms with E-state index in [0.717, 1.165) is 10.3 Å². The number of hydrogen-bond acceptors (Lipinski definition) is 3. The van der Waals surface area contributed by atoms with Crippen molar-refractivity contribution in [3.8, 4) is 6.07 Å². The zero-order valence-electron chi connectivity index (χ0n) is 12.1. The van der Waals surface area contributed by atoms with Crippen molar-refractivity contribution >= 4 is 10.9 Å². The van der Waals surface area contributed by atoms with Gasteiger partial charge < -0.3 is 5.21 Å². The van der Waals surface area contributed by atoms with Crippen LogP contribution in [0.1, 0.15) is 22.4 Å². The van der Waals surface area contributed by atoms with E-state index in [1.54, 1.807) is 43.3 Å². The predicted molar refractivity (Wildman–Crippen MR) is 84.1 cm³/mol. The van der Waals surface area contributed by atoms with Gasteiger partial charge in [-0.3, -0.25) is 4.79 Å². The first kappa shape index (κ1) is 13.9. The normalized spacial score (nSPS) is 10.5. The maximum atomic E-state index is 12.7. The molecule has 0 radical (unpaired) electrons. The molecule has 0 amide bonds. The van der Waals surface area contributed by atoms with E-state index in [-0.39, 0.29) is 5.43 Å². The smallest absolute Gasteiger partial charge is 0.193 e. The van der Waals surface area contributed by atoms with Crippen molar-refractivity contribution < 1.29 is 5.21 Å². The van der Waals surface area contributed by atoms with Crippen molar-refractivity contribution in [1.29, 1.82) is 5.26 Å². The standard InChI is InChI=1S/C18H14N2O2/c1-12-16(10-13-6-8-14(11-19)9-7-13)18(21)15-4-2-3-5-17(15)20(12)22/h2-9,22H,10H2,1H3. The molecule has 1 heterocycles. The molecule has 0 aliphatic carbocycles. The Balaban J connectivity index is 2.14. The molecule has 0 saturated heterocycles. The van der Waals surface area contributed by atoms with Crippen LogP contribution in [0.2, 0.25) is 0 Å². The van der Waals surface area contributed by atoms with Crippen LogP contribution in [0.25, 0.3) is 10.9 Å². The van der Waals surface area contributed by atoms with Crippen LogP contribution in [0.4, 0.5) is 0 Å². The van der Waals surface area contributed by atoms with E-state index in [0.29, 0.717) is 34.1 Å². The Morgan fingerprint density at radius 2 is 1.82 bits per heavy atom. The van der Waals surface area contributed by atoms with Crippen molar-refractivity contribution in [3.05, 3.63) is 81.1 Å². The van der Waals surface area contributed by atoms with Crippen LogP contribution < -0.4 is 5.43 Å². The zero-order valence-corrected chi connectivity index (χ0v) is 12.1. The summed E-state index contributed by atoms with van der Waals surface area (Å²) in [4.78, 5) is 12.7. The van der Waals surface area contributed by atoms with E-state index in [1.165, 1.54) is 0 Å². The first-order valence-corrected chi connectivity index (χ1v) is 6.93. The summed E-state index contributed by atoms with van der Waals surface area (Å²) in [7, 11) is 0. The maximum absolute atomic E-state index is 12.7. The monoisotopic (exact) mass is 290 g/mol. The van der Waals surface area contributed by atoms with Gasteiger partial charge >= 0.3 is 0 Å². The van der Waals surface area contributed by atoms with E-state index >= 15 is 0 Å². The van der Waals surface area contributed by atoms with Crippen molar-refractivity contribution in [2.75, 3.05) is 0 Å². The third-order valence-corrected chi connectivity index (χ3v) is 3.87. The minimum absolute atomic E-state index is 0.0669. The van der Waals surface area contributed by atoms with Crippen LogP contribution >= 0.6 is 0 Å². The van der Waals surface area contributed by atoms with E-state index in [4.69, 9.17) is 5.26 Å². The van der Waals surface area contributed by atoms with Gasteiger partial charge in [0.15, 0.2) is 5.43 Å². The second-order valence-corrected chi connectivity index (χ2v) is 5.21. The van der Waals surface area contributed by atoms with E-state index < -0.39 is 0 Å². The summed E-state index contributed by atoms with van der Waals surface area (Å²) in [5.41, 5.74) is 3.04. The Hall–Kier alpha value is -3.06. The van der Waals surface area contributed by atoms with Gasteiger partial charge in [0, 0.05) is 17.4 Å². The van der Waals surface area contributed by atoms with Gasteiger partial charge in [0.05, 0.1) is 22.8 Å². The minimum atomic E-state index is -0.0669. The lowest BCUT2D eigenvalue weighted by Crippen LogP contribution is -2.18. The number of fused-ring (bicyclic) bond motifs is 1. The van der Waals surface area contributed by atoms with Gasteiger partial charge in [0.25, 0.3) is 0 Å². The first-order valence-electron chi connectivity index (χ1n) is 6.93. The highest BCUT2D eigenvalue weighted by Gasteiger charge is 2.13. The van der Waals surface area contributed by atoms with Crippen LogP contribution in [-0.2, 0) is 6.42 Å². The van der Waals surface area contributed by atoms with Gasteiger partial charge in [-0.25, -0.2) is 0 Å². The lowest BCUT2D eigenvalue weighted by Gasteiger charge is -2.12. The molecule has 22 heavy (non-hydrogen) atoms. The maximum Gasteiger partial charge on any atom is 0.193 e. The average Bonchev–Trinajstić information content (AvgIpc) is 2.57. The van der Waals surface area contributed by atoms with Crippen LogP contribution in [0.5, 0.6) is 0 Å². The molecule has 1 N–H and O–H groups in total. The van der Waals surface area contributed by atoms with E-state index in [1.807, 2.05) is 12.1 Å². The first-order chi connectivity index (χ1) is 10.6. The van der Waals surface area contributed by atoms with Crippen molar-refractivity contribution in [3.63, 3.8) is 0 Å². The van der Waals surface area contributed by atoms with Crippen LogP contribution in [0, 0.1) is 18.3 Å². The van der Waals surface area contributed by atoms with Gasteiger partial charge in [-0.05, 0) is 36.8 Å². The number of pyridine rings is 1. The molecule has 2 aromatic carbocycles. The molecule has 1 aromatic heterocycles.